The molecule has 0 fully saturated rings. The molecule has 4 aromatic rings. The third-order valence-corrected chi connectivity index (χ3v) is 14.4. The smallest absolute Gasteiger partial charge is 0.490 e. The summed E-state index contributed by atoms with van der Waals surface area (Å²) in [6.07, 6.45) is 8.67. The second-order valence-electron chi connectivity index (χ2n) is 20.8. The number of hydrogen-bond acceptors (Lipinski definition) is 3. The molecule has 0 bridgehead atoms. The Morgan fingerprint density at radius 3 is 1.04 bits per heavy atom. The van der Waals surface area contributed by atoms with E-state index in [1.807, 2.05) is 0 Å². The zero-order valence-corrected chi connectivity index (χ0v) is 47.0. The Balaban J connectivity index is 0.00000147. The van der Waals surface area contributed by atoms with Crippen molar-refractivity contribution < 1.29 is 71.1 Å². The summed E-state index contributed by atoms with van der Waals surface area (Å²) in [6, 6.07) is 17.4. The van der Waals surface area contributed by atoms with Gasteiger partial charge in [0.25, 0.3) is 0 Å². The predicted molar refractivity (Wildman–Crippen MR) is 293 cm³/mol. The third kappa shape index (κ3) is 26.7. The van der Waals surface area contributed by atoms with Crippen LogP contribution in [-0.4, -0.2) is 31.4 Å². The molecule has 444 valence electrons. The van der Waals surface area contributed by atoms with E-state index in [1.165, 1.54) is 24.3 Å². The van der Waals surface area contributed by atoms with Crippen LogP contribution in [0.3, 0.4) is 0 Å². The van der Waals surface area contributed by atoms with E-state index in [4.69, 9.17) is 14.0 Å². The minimum absolute atomic E-state index is 0.0520. The minimum atomic E-state index is -4.70. The molecular formula is C62H86BF12NO3. The van der Waals surface area contributed by atoms with Crippen LogP contribution in [0, 0.1) is 6.07 Å². The van der Waals surface area contributed by atoms with Crippen LogP contribution in [0.4, 0.5) is 52.7 Å². The molecule has 1 atom stereocenters. The maximum atomic E-state index is 15.0. The van der Waals surface area contributed by atoms with Crippen LogP contribution in [0.15, 0.2) is 91.0 Å². The summed E-state index contributed by atoms with van der Waals surface area (Å²) in [7, 11) is -1.83. The molecule has 4 nitrogen and oxygen atoms in total. The van der Waals surface area contributed by atoms with Gasteiger partial charge in [0.2, 0.25) is 0 Å². The van der Waals surface area contributed by atoms with Gasteiger partial charge in [0.05, 0.1) is 41.9 Å². The molecule has 0 saturated heterocycles. The van der Waals surface area contributed by atoms with Crippen molar-refractivity contribution in [2.45, 2.75) is 225 Å². The van der Waals surface area contributed by atoms with Crippen LogP contribution >= 0.6 is 0 Å². The summed E-state index contributed by atoms with van der Waals surface area (Å²) < 4.78 is 181. The number of halogens is 12. The molecular weight excluding hydrogens is 1050 g/mol. The van der Waals surface area contributed by atoms with E-state index in [-0.39, 0.29) is 17.2 Å². The molecule has 0 aliphatic carbocycles. The lowest BCUT2D eigenvalue weighted by molar-refractivity contribution is -0.958. The predicted octanol–water partition coefficient (Wildman–Crippen LogP) is 21.9. The highest BCUT2D eigenvalue weighted by Gasteiger charge is 2.43. The monoisotopic (exact) mass is 1130 g/mol. The minimum Gasteiger partial charge on any atom is -0.490 e. The van der Waals surface area contributed by atoms with Gasteiger partial charge in [0, 0.05) is 6.42 Å². The number of quaternary nitrogens is 1. The Morgan fingerprint density at radius 2 is 0.696 bits per heavy atom. The molecule has 79 heavy (non-hydrogen) atoms. The van der Waals surface area contributed by atoms with Gasteiger partial charge in [-0.15, -0.1) is 0 Å². The fourth-order valence-electron chi connectivity index (χ4n) is 9.95. The molecule has 0 heterocycles. The Labute approximate surface area is 464 Å². The highest BCUT2D eigenvalue weighted by Crippen LogP contribution is 2.44. The van der Waals surface area contributed by atoms with Gasteiger partial charge in [0.1, 0.15) is 23.3 Å². The molecule has 4 aromatic carbocycles. The van der Waals surface area contributed by atoms with E-state index in [2.05, 4.69) is 33.8 Å². The summed E-state index contributed by atoms with van der Waals surface area (Å²) in [5, 5.41) is 0. The number of benzene rings is 4. The third-order valence-electron chi connectivity index (χ3n) is 14.4. The Morgan fingerprint density at radius 1 is 0.380 bits per heavy atom. The van der Waals surface area contributed by atoms with E-state index in [1.54, 1.807) is 0 Å². The van der Waals surface area contributed by atoms with Gasteiger partial charge in [-0.05, 0) is 112 Å². The van der Waals surface area contributed by atoms with Crippen molar-refractivity contribution in [3.05, 3.63) is 125 Å². The number of unbranched alkanes of at least 4 members (excludes halogenated alkanes) is 21. The van der Waals surface area contributed by atoms with Crippen molar-refractivity contribution in [2.75, 3.05) is 19.6 Å². The molecule has 0 spiro atoms. The summed E-state index contributed by atoms with van der Waals surface area (Å²) in [5.41, 5.74) is -3.01. The van der Waals surface area contributed by atoms with Gasteiger partial charge in [-0.2, -0.15) is 83.0 Å². The lowest BCUT2D eigenvalue weighted by Crippen LogP contribution is -2.53. The standard InChI is InChI=1S/C55H82BF9NO3.C7H4F3/c1-5-9-13-17-21-22-26-30-51(66(41-27-23-18-14-10-6-2,42-28-24-19-15-11-7-3)43-29-25-20-16-12-8-4)50-44-47(55(63,64)65)35-40-52(50)69-56(67-48-36-31-45(32-37-48)53(57,58)59)68-49-38-33-46(34-39-49)54(60,61)62;8-7(9,10)6-4-2-1-3-5-6/h31-40,44,51H,5-30,41-43H2,1-4H3;2-5H/q+1;-1. The van der Waals surface area contributed by atoms with Gasteiger partial charge in [-0.3, -0.25) is 0 Å². The van der Waals surface area contributed by atoms with E-state index in [9.17, 15) is 52.7 Å². The number of nitrogens with zero attached hydrogens (tertiary/aromatic N) is 1. The molecule has 1 unspecified atom stereocenters. The molecule has 4 rings (SSSR count). The zero-order chi connectivity index (χ0) is 58.2. The van der Waals surface area contributed by atoms with E-state index in [0.29, 0.717) is 16.5 Å². The molecule has 0 aliphatic heterocycles. The van der Waals surface area contributed by atoms with Crippen molar-refractivity contribution in [1.29, 1.82) is 0 Å². The van der Waals surface area contributed by atoms with E-state index >= 15 is 0 Å². The zero-order valence-electron chi connectivity index (χ0n) is 47.0. The molecule has 0 N–H and O–H groups in total. The van der Waals surface area contributed by atoms with Crippen LogP contribution in [0.2, 0.25) is 0 Å². The Bertz CT molecular complexity index is 2080. The van der Waals surface area contributed by atoms with Crippen LogP contribution in [0.5, 0.6) is 17.2 Å². The van der Waals surface area contributed by atoms with Crippen molar-refractivity contribution in [3.8, 4) is 17.2 Å². The first-order valence-corrected chi connectivity index (χ1v) is 29.0. The molecule has 0 aromatic heterocycles. The van der Waals surface area contributed by atoms with Gasteiger partial charge in [-0.1, -0.05) is 149 Å². The fraction of sp³-hybridized carbons (Fsp3) is 0.613. The molecule has 0 aliphatic rings. The molecule has 0 radical (unpaired) electrons. The average molecular weight is 1130 g/mol. The first-order chi connectivity index (χ1) is 37.6. The highest BCUT2D eigenvalue weighted by molar-refractivity contribution is 6.39. The first-order valence-electron chi connectivity index (χ1n) is 29.0. The topological polar surface area (TPSA) is 27.7 Å². The Kier molecular flexibility index (Phi) is 31.4. The number of rotatable bonds is 37. The summed E-state index contributed by atoms with van der Waals surface area (Å²) >= 11 is 0. The van der Waals surface area contributed by atoms with Crippen LogP contribution < -0.4 is 14.0 Å². The van der Waals surface area contributed by atoms with Crippen LogP contribution in [-0.2, 0) is 24.7 Å². The van der Waals surface area contributed by atoms with Crippen LogP contribution in [0.1, 0.15) is 228 Å². The SMILES string of the molecule is CCCCCCCCCC(c1cc(C(F)(F)F)ccc1OB(Oc1ccc(C(F)(F)F)cc1)Oc1ccc(C(F)(F)F)cc1)[N+](CCCCCCCC)(CCCCCCCC)CCCCCCCC.FC(F)(F)c1cc[c-]cc1. The largest absolute Gasteiger partial charge is 0.864 e. The van der Waals surface area contributed by atoms with Gasteiger partial charge in [0.15, 0.2) is 0 Å². The lowest BCUT2D eigenvalue weighted by Gasteiger charge is -2.46. The molecule has 0 amide bonds. The average Bonchev–Trinajstić information content (AvgIpc) is 3.44. The number of hydrogen-bond donors (Lipinski definition) is 0. The fourth-order valence-corrected chi connectivity index (χ4v) is 9.95. The number of alkyl halides is 12. The maximum Gasteiger partial charge on any atom is 0.864 e. The van der Waals surface area contributed by atoms with Gasteiger partial charge in [-0.25, -0.2) is 0 Å². The van der Waals surface area contributed by atoms with Gasteiger partial charge >= 0.3 is 32.0 Å². The first kappa shape index (κ1) is 68.7. The van der Waals surface area contributed by atoms with Gasteiger partial charge < -0.3 is 18.4 Å². The van der Waals surface area contributed by atoms with Crippen molar-refractivity contribution >= 4 is 7.32 Å². The second-order valence-corrected chi connectivity index (χ2v) is 20.8. The second kappa shape index (κ2) is 36.0. The van der Waals surface area contributed by atoms with Crippen LogP contribution in [0.25, 0.3) is 0 Å². The molecule has 0 saturated carbocycles. The highest BCUT2D eigenvalue weighted by atomic mass is 19.4. The quantitative estimate of drug-likeness (QED) is 0.0148. The van der Waals surface area contributed by atoms with E-state index < -0.39 is 60.3 Å². The summed E-state index contributed by atoms with van der Waals surface area (Å²) in [5.74, 6) is -0.184. The normalized spacial score (nSPS) is 12.7. The Hall–Kier alpha value is -4.54. The van der Waals surface area contributed by atoms with Crippen molar-refractivity contribution in [3.63, 3.8) is 0 Å². The van der Waals surface area contributed by atoms with Crippen molar-refractivity contribution in [1.82, 2.24) is 0 Å². The van der Waals surface area contributed by atoms with Crippen molar-refractivity contribution in [2.24, 2.45) is 0 Å². The van der Waals surface area contributed by atoms with E-state index in [0.717, 1.165) is 247 Å². The molecule has 17 heteroatoms. The lowest BCUT2D eigenvalue weighted by atomic mass is 9.91. The summed E-state index contributed by atoms with van der Waals surface area (Å²) in [6.45, 7) is 11.0. The maximum absolute atomic E-state index is 15.0. The summed E-state index contributed by atoms with van der Waals surface area (Å²) in [4.78, 5) is 0.